The zero-order valence-corrected chi connectivity index (χ0v) is 17.9. The lowest BCUT2D eigenvalue weighted by atomic mass is 9.97. The number of benzene rings is 1. The molecule has 0 spiro atoms. The number of H-pyrrole nitrogens is 1. The molecule has 31 heavy (non-hydrogen) atoms. The molecule has 0 unspecified atom stereocenters. The van der Waals surface area contributed by atoms with Crippen LogP contribution in [0, 0.1) is 0 Å². The number of nitrogens with one attached hydrogen (secondary N) is 1. The van der Waals surface area contributed by atoms with E-state index >= 15 is 0 Å². The summed E-state index contributed by atoms with van der Waals surface area (Å²) in [5, 5.41) is 1.19. The standard InChI is InChI=1S/C21H17N3O5S2/c25-16(29-24-20(27)11-5-1-2-6-12(11)21(24)28)10-30-9-15-22-18(26)17-13-7-3-4-8-14(13)31-19(17)23-15/h1-2,5-6H,3-4,7-10H2,(H,22,23,26). The molecule has 0 bridgehead atoms. The molecule has 0 fully saturated rings. The number of imide groups is 1. The Bertz CT molecular complexity index is 1260. The molecule has 0 saturated heterocycles. The van der Waals surface area contributed by atoms with Gasteiger partial charge in [-0.3, -0.25) is 14.4 Å². The van der Waals surface area contributed by atoms with E-state index in [4.69, 9.17) is 4.84 Å². The van der Waals surface area contributed by atoms with Gasteiger partial charge in [-0.2, -0.15) is 0 Å². The number of fused-ring (bicyclic) bond motifs is 4. The molecule has 10 heteroatoms. The number of hydrogen-bond acceptors (Lipinski definition) is 8. The van der Waals surface area contributed by atoms with E-state index in [9.17, 15) is 19.2 Å². The van der Waals surface area contributed by atoms with Crippen LogP contribution in [0.15, 0.2) is 29.1 Å². The Morgan fingerprint density at radius 1 is 1.13 bits per heavy atom. The third-order valence-electron chi connectivity index (χ3n) is 5.28. The number of aromatic nitrogens is 2. The van der Waals surface area contributed by atoms with Gasteiger partial charge >= 0.3 is 5.97 Å². The minimum Gasteiger partial charge on any atom is -0.329 e. The first-order valence-corrected chi connectivity index (χ1v) is 11.8. The smallest absolute Gasteiger partial charge is 0.329 e. The van der Waals surface area contributed by atoms with Gasteiger partial charge in [-0.15, -0.1) is 23.1 Å². The average molecular weight is 456 g/mol. The first-order chi connectivity index (χ1) is 15.0. The number of amides is 2. The van der Waals surface area contributed by atoms with Gasteiger partial charge in [0.25, 0.3) is 17.4 Å². The lowest BCUT2D eigenvalue weighted by molar-refractivity contribution is -0.165. The maximum absolute atomic E-state index is 12.6. The number of hydroxylamine groups is 2. The highest BCUT2D eigenvalue weighted by atomic mass is 32.2. The topological polar surface area (TPSA) is 109 Å². The van der Waals surface area contributed by atoms with Crippen LogP contribution < -0.4 is 5.56 Å². The summed E-state index contributed by atoms with van der Waals surface area (Å²) < 4.78 is 0. The Hall–Kier alpha value is -2.98. The molecule has 8 nitrogen and oxygen atoms in total. The van der Waals surface area contributed by atoms with E-state index in [1.165, 1.54) is 28.8 Å². The van der Waals surface area contributed by atoms with Gasteiger partial charge in [0.05, 0.1) is 28.0 Å². The molecular formula is C21H17N3O5S2. The van der Waals surface area contributed by atoms with Crippen LogP contribution in [0.1, 0.15) is 49.8 Å². The molecule has 158 valence electrons. The third-order valence-corrected chi connectivity index (χ3v) is 7.39. The fourth-order valence-electron chi connectivity index (χ4n) is 3.89. The highest BCUT2D eigenvalue weighted by Gasteiger charge is 2.38. The van der Waals surface area contributed by atoms with Crippen molar-refractivity contribution in [3.05, 3.63) is 62.0 Å². The van der Waals surface area contributed by atoms with Crippen molar-refractivity contribution in [1.82, 2.24) is 15.0 Å². The quantitative estimate of drug-likeness (QED) is 0.589. The van der Waals surface area contributed by atoms with Crippen molar-refractivity contribution >= 4 is 51.1 Å². The van der Waals surface area contributed by atoms with Crippen molar-refractivity contribution in [1.29, 1.82) is 0 Å². The third kappa shape index (κ3) is 3.55. The Labute approximate surface area is 184 Å². The monoisotopic (exact) mass is 455 g/mol. The van der Waals surface area contributed by atoms with E-state index in [-0.39, 0.29) is 22.4 Å². The van der Waals surface area contributed by atoms with E-state index in [1.807, 2.05) is 0 Å². The number of carbonyl (C=O) groups is 3. The largest absolute Gasteiger partial charge is 0.343 e. The summed E-state index contributed by atoms with van der Waals surface area (Å²) in [6, 6.07) is 6.30. The SMILES string of the molecule is O=C(CSCc1nc2sc3c(c2c(=O)[nH]1)CCCC3)ON1C(=O)c2ccccc2C1=O. The lowest BCUT2D eigenvalue weighted by Crippen LogP contribution is -2.33. The average Bonchev–Trinajstić information content (AvgIpc) is 3.25. The van der Waals surface area contributed by atoms with Crippen LogP contribution >= 0.6 is 23.1 Å². The lowest BCUT2D eigenvalue weighted by Gasteiger charge is -2.12. The van der Waals surface area contributed by atoms with Crippen molar-refractivity contribution in [2.45, 2.75) is 31.4 Å². The molecule has 2 aliphatic rings. The molecule has 0 saturated carbocycles. The maximum atomic E-state index is 12.6. The molecule has 1 aliphatic carbocycles. The van der Waals surface area contributed by atoms with Crippen molar-refractivity contribution in [2.75, 3.05) is 5.75 Å². The highest BCUT2D eigenvalue weighted by Crippen LogP contribution is 2.33. The molecule has 0 radical (unpaired) electrons. The minimum absolute atomic E-state index is 0.101. The Morgan fingerprint density at radius 3 is 2.58 bits per heavy atom. The van der Waals surface area contributed by atoms with Gasteiger partial charge in [-0.05, 0) is 43.4 Å². The second kappa shape index (κ2) is 7.93. The highest BCUT2D eigenvalue weighted by molar-refractivity contribution is 7.99. The second-order valence-corrected chi connectivity index (χ2v) is 9.38. The van der Waals surface area contributed by atoms with Crippen LogP contribution in [0.3, 0.4) is 0 Å². The van der Waals surface area contributed by atoms with E-state index in [0.717, 1.165) is 36.1 Å². The van der Waals surface area contributed by atoms with Crippen molar-refractivity contribution in [2.24, 2.45) is 0 Å². The van der Waals surface area contributed by atoms with Crippen LogP contribution in [-0.4, -0.2) is 38.6 Å². The first-order valence-electron chi connectivity index (χ1n) is 9.82. The molecule has 2 amide bonds. The molecule has 2 aromatic heterocycles. The van der Waals surface area contributed by atoms with Gasteiger partial charge < -0.3 is 9.82 Å². The number of nitrogens with zero attached hydrogens (tertiary/aromatic N) is 2. The number of carbonyl (C=O) groups excluding carboxylic acids is 3. The van der Waals surface area contributed by atoms with Crippen LogP contribution in [0.5, 0.6) is 0 Å². The van der Waals surface area contributed by atoms with E-state index in [0.29, 0.717) is 22.0 Å². The Balaban J connectivity index is 1.22. The fourth-order valence-corrected chi connectivity index (χ4v) is 5.82. The summed E-state index contributed by atoms with van der Waals surface area (Å²) in [7, 11) is 0. The van der Waals surface area contributed by atoms with Crippen molar-refractivity contribution in [3.8, 4) is 0 Å². The molecule has 1 aliphatic heterocycles. The predicted molar refractivity (Wildman–Crippen MR) is 116 cm³/mol. The number of thioether (sulfide) groups is 1. The molecule has 3 heterocycles. The number of hydrogen-bond donors (Lipinski definition) is 1. The Morgan fingerprint density at radius 2 is 1.84 bits per heavy atom. The fraction of sp³-hybridized carbons (Fsp3) is 0.286. The first kappa shape index (κ1) is 20.0. The van der Waals surface area contributed by atoms with E-state index in [1.54, 1.807) is 23.5 Å². The van der Waals surface area contributed by atoms with Crippen LogP contribution in [0.25, 0.3) is 10.2 Å². The zero-order chi connectivity index (χ0) is 21.5. The summed E-state index contributed by atoms with van der Waals surface area (Å²) in [6.07, 6.45) is 4.13. The normalized spacial score (nSPS) is 15.3. The van der Waals surface area contributed by atoms with Gasteiger partial charge in [0.2, 0.25) is 0 Å². The Kier molecular flexibility index (Phi) is 5.11. The number of thiophene rings is 1. The number of rotatable bonds is 5. The van der Waals surface area contributed by atoms with Crippen LogP contribution in [0.4, 0.5) is 0 Å². The number of aromatic amines is 1. The van der Waals surface area contributed by atoms with E-state index < -0.39 is 17.8 Å². The molecule has 5 rings (SSSR count). The summed E-state index contributed by atoms with van der Waals surface area (Å²) in [5.41, 5.74) is 1.40. The summed E-state index contributed by atoms with van der Waals surface area (Å²) in [6.45, 7) is 0. The van der Waals surface area contributed by atoms with E-state index in [2.05, 4.69) is 9.97 Å². The predicted octanol–water partition coefficient (Wildman–Crippen LogP) is 2.85. The molecule has 1 aromatic carbocycles. The second-order valence-electron chi connectivity index (χ2n) is 7.31. The molecular weight excluding hydrogens is 438 g/mol. The van der Waals surface area contributed by atoms with Crippen LogP contribution in [0.2, 0.25) is 0 Å². The van der Waals surface area contributed by atoms with Gasteiger partial charge in [-0.25, -0.2) is 9.78 Å². The zero-order valence-electron chi connectivity index (χ0n) is 16.3. The van der Waals surface area contributed by atoms with Gasteiger partial charge in [0.1, 0.15) is 10.7 Å². The maximum Gasteiger partial charge on any atom is 0.343 e. The summed E-state index contributed by atoms with van der Waals surface area (Å²) in [4.78, 5) is 63.6. The minimum atomic E-state index is -0.727. The summed E-state index contributed by atoms with van der Waals surface area (Å²) in [5.74, 6) is -1.36. The van der Waals surface area contributed by atoms with Gasteiger partial charge in [-0.1, -0.05) is 17.2 Å². The molecule has 0 atom stereocenters. The summed E-state index contributed by atoms with van der Waals surface area (Å²) >= 11 is 2.75. The van der Waals surface area contributed by atoms with Gasteiger partial charge in [0.15, 0.2) is 0 Å². The van der Waals surface area contributed by atoms with Crippen LogP contribution in [-0.2, 0) is 28.2 Å². The van der Waals surface area contributed by atoms with Crippen molar-refractivity contribution in [3.63, 3.8) is 0 Å². The number of aryl methyl sites for hydroxylation is 2. The van der Waals surface area contributed by atoms with Crippen molar-refractivity contribution < 1.29 is 19.2 Å². The molecule has 3 aromatic rings. The van der Waals surface area contributed by atoms with Gasteiger partial charge in [0, 0.05) is 4.88 Å². The molecule has 1 N–H and O–H groups in total.